The molecule has 0 fully saturated rings. The molecule has 0 rings (SSSR count). The summed E-state index contributed by atoms with van der Waals surface area (Å²) in [5.74, 6) is 0. The Morgan fingerprint density at radius 1 is 0.900 bits per heavy atom. The third kappa shape index (κ3) is 6.86. The molecule has 0 spiro atoms. The van der Waals surface area contributed by atoms with Gasteiger partial charge in [-0.05, 0) is 0 Å². The van der Waals surface area contributed by atoms with Gasteiger partial charge in [0.05, 0.1) is 0 Å². The van der Waals surface area contributed by atoms with Gasteiger partial charge in [-0.1, -0.05) is 0 Å². The van der Waals surface area contributed by atoms with Crippen LogP contribution in [0.25, 0.3) is 0 Å². The Morgan fingerprint density at radius 2 is 1.30 bits per heavy atom. The lowest BCUT2D eigenvalue weighted by molar-refractivity contribution is -0.301. The van der Waals surface area contributed by atoms with Crippen molar-refractivity contribution in [3.63, 3.8) is 0 Å². The predicted octanol–water partition coefficient (Wildman–Crippen LogP) is -0.804. The summed E-state index contributed by atoms with van der Waals surface area (Å²) in [6.45, 7) is 0.264. The van der Waals surface area contributed by atoms with Crippen LogP contribution in [0.5, 0.6) is 0 Å². The Bertz CT molecular complexity index is 79.7. The molecule has 0 radical (unpaired) electrons. The van der Waals surface area contributed by atoms with Crippen molar-refractivity contribution in [3.8, 4) is 0 Å². The largest absolute Gasteiger partial charge is 0.330 e. The Labute approximate surface area is 56.5 Å². The van der Waals surface area contributed by atoms with Gasteiger partial charge in [-0.15, -0.1) is 0 Å². The fraction of sp³-hybridized carbons (Fsp3) is 0.500. The van der Waals surface area contributed by atoms with E-state index in [1.165, 1.54) is 0 Å². The summed E-state index contributed by atoms with van der Waals surface area (Å²) in [5.41, 5.74) is 0. The monoisotopic (exact) mass is 150 g/mol. The second kappa shape index (κ2) is 7.86. The summed E-state index contributed by atoms with van der Waals surface area (Å²) >= 11 is 0. The average Bonchev–Trinajstić information content (AvgIpc) is 1.97. The molecule has 0 aliphatic carbocycles. The van der Waals surface area contributed by atoms with E-state index in [1.807, 2.05) is 0 Å². The number of hydrogen-bond donors (Lipinski definition) is 0. The van der Waals surface area contributed by atoms with Crippen molar-refractivity contribution in [1.82, 2.24) is 0 Å². The van der Waals surface area contributed by atoms with Gasteiger partial charge in [-0.25, -0.2) is 0 Å². The third-order valence-corrected chi connectivity index (χ3v) is 0.465. The van der Waals surface area contributed by atoms with Crippen LogP contribution in [0, 0.1) is 0 Å². The van der Waals surface area contributed by atoms with E-state index < -0.39 is 0 Å². The van der Waals surface area contributed by atoms with E-state index in [4.69, 9.17) is 0 Å². The molecule has 0 aromatic heterocycles. The molecule has 0 amide bonds. The van der Waals surface area contributed by atoms with E-state index in [-0.39, 0.29) is 26.2 Å². The van der Waals surface area contributed by atoms with Crippen molar-refractivity contribution in [2.75, 3.05) is 13.2 Å². The highest BCUT2D eigenvalue weighted by Gasteiger charge is 1.87. The van der Waals surface area contributed by atoms with Crippen molar-refractivity contribution in [3.05, 3.63) is 0 Å². The van der Waals surface area contributed by atoms with E-state index in [1.54, 1.807) is 0 Å². The molecule has 10 heavy (non-hydrogen) atoms. The van der Waals surface area contributed by atoms with E-state index in [0.29, 0.717) is 0 Å². The summed E-state index contributed by atoms with van der Waals surface area (Å²) in [4.78, 5) is 34.7. The Balaban J connectivity index is 2.76. The van der Waals surface area contributed by atoms with Crippen LogP contribution in [-0.4, -0.2) is 26.2 Å². The zero-order valence-corrected chi connectivity index (χ0v) is 5.02. The SMILES string of the molecule is O=COOCCOOC=O. The molecule has 0 saturated heterocycles. The van der Waals surface area contributed by atoms with Crippen LogP contribution < -0.4 is 0 Å². The van der Waals surface area contributed by atoms with Gasteiger partial charge in [0.15, 0.2) is 0 Å². The molecule has 0 atom stereocenters. The highest BCUT2D eigenvalue weighted by Crippen LogP contribution is 1.77. The van der Waals surface area contributed by atoms with Gasteiger partial charge in [0.2, 0.25) is 0 Å². The summed E-state index contributed by atoms with van der Waals surface area (Å²) in [6.07, 6.45) is 0. The zero-order chi connectivity index (χ0) is 7.66. The highest BCUT2D eigenvalue weighted by molar-refractivity contribution is 5.35. The number of hydrogen-bond acceptors (Lipinski definition) is 6. The molecule has 0 aromatic carbocycles. The molecule has 0 bridgehead atoms. The molecule has 0 aliphatic heterocycles. The quantitative estimate of drug-likeness (QED) is 0.205. The van der Waals surface area contributed by atoms with Crippen molar-refractivity contribution in [2.45, 2.75) is 0 Å². The first-order valence-electron chi connectivity index (χ1n) is 2.35. The smallest absolute Gasteiger partial charge is 0.302 e. The second-order valence-corrected chi connectivity index (χ2v) is 1.03. The van der Waals surface area contributed by atoms with Gasteiger partial charge < -0.3 is 9.78 Å². The van der Waals surface area contributed by atoms with E-state index in [0.717, 1.165) is 0 Å². The van der Waals surface area contributed by atoms with E-state index in [2.05, 4.69) is 19.6 Å². The molecule has 6 heteroatoms. The molecular formula is C4H6O6. The Kier molecular flexibility index (Phi) is 6.96. The fourth-order valence-electron chi connectivity index (χ4n) is 0.220. The zero-order valence-electron chi connectivity index (χ0n) is 5.02. The van der Waals surface area contributed by atoms with Crippen LogP contribution in [0.15, 0.2) is 0 Å². The predicted molar refractivity (Wildman–Crippen MR) is 26.2 cm³/mol. The van der Waals surface area contributed by atoms with Crippen LogP contribution >= 0.6 is 0 Å². The fourth-order valence-corrected chi connectivity index (χ4v) is 0.220. The van der Waals surface area contributed by atoms with Gasteiger partial charge in [-0.2, -0.15) is 9.78 Å². The Hall–Kier alpha value is -1.14. The lowest BCUT2D eigenvalue weighted by atomic mass is 10.8. The minimum Gasteiger partial charge on any atom is -0.302 e. The van der Waals surface area contributed by atoms with Crippen LogP contribution in [0.3, 0.4) is 0 Å². The summed E-state index contributed by atoms with van der Waals surface area (Å²) in [7, 11) is 0. The molecule has 0 N–H and O–H groups in total. The van der Waals surface area contributed by atoms with E-state index >= 15 is 0 Å². The van der Waals surface area contributed by atoms with Crippen LogP contribution in [0.2, 0.25) is 0 Å². The van der Waals surface area contributed by atoms with Gasteiger partial charge in [0.1, 0.15) is 13.2 Å². The molecule has 58 valence electrons. The summed E-state index contributed by atoms with van der Waals surface area (Å²) < 4.78 is 0. The minimum atomic E-state index is 0.00653. The molecular weight excluding hydrogens is 144 g/mol. The summed E-state index contributed by atoms with van der Waals surface area (Å²) in [6, 6.07) is 0. The van der Waals surface area contributed by atoms with Crippen LogP contribution in [0.1, 0.15) is 0 Å². The van der Waals surface area contributed by atoms with Crippen molar-refractivity contribution >= 4 is 12.9 Å². The van der Waals surface area contributed by atoms with Crippen molar-refractivity contribution in [2.24, 2.45) is 0 Å². The van der Waals surface area contributed by atoms with Crippen LogP contribution in [-0.2, 0) is 29.1 Å². The van der Waals surface area contributed by atoms with Gasteiger partial charge in [0.25, 0.3) is 0 Å². The van der Waals surface area contributed by atoms with Gasteiger partial charge in [-0.3, -0.25) is 9.59 Å². The number of carbonyl (C=O) groups excluding carboxylic acids is 2. The highest BCUT2D eigenvalue weighted by atomic mass is 17.2. The molecule has 0 saturated carbocycles. The number of carbonyl (C=O) groups is 2. The molecule has 0 heterocycles. The maximum atomic E-state index is 9.42. The first-order chi connectivity index (χ1) is 4.91. The average molecular weight is 150 g/mol. The molecule has 0 aromatic rings. The minimum absolute atomic E-state index is 0.00653. The normalized spacial score (nSPS) is 8.40. The number of rotatable bonds is 7. The maximum absolute atomic E-state index is 9.42. The van der Waals surface area contributed by atoms with Gasteiger partial charge >= 0.3 is 12.9 Å². The maximum Gasteiger partial charge on any atom is 0.330 e. The van der Waals surface area contributed by atoms with Crippen molar-refractivity contribution < 1.29 is 29.1 Å². The van der Waals surface area contributed by atoms with Crippen molar-refractivity contribution in [1.29, 1.82) is 0 Å². The summed E-state index contributed by atoms with van der Waals surface area (Å²) in [5, 5.41) is 0. The molecule has 0 unspecified atom stereocenters. The Morgan fingerprint density at radius 3 is 1.60 bits per heavy atom. The standard InChI is InChI=1S/C4H6O6/c5-3-9-7-1-2-8-10-4-6/h3-4H,1-2H2. The van der Waals surface area contributed by atoms with Gasteiger partial charge in [0, 0.05) is 0 Å². The lowest BCUT2D eigenvalue weighted by Gasteiger charge is -1.96. The molecule has 0 aliphatic rings. The van der Waals surface area contributed by atoms with Crippen LogP contribution in [0.4, 0.5) is 0 Å². The third-order valence-electron chi connectivity index (χ3n) is 0.465. The topological polar surface area (TPSA) is 71.1 Å². The second-order valence-electron chi connectivity index (χ2n) is 1.03. The molecule has 6 nitrogen and oxygen atoms in total. The first kappa shape index (κ1) is 8.86. The first-order valence-corrected chi connectivity index (χ1v) is 2.35. The lowest BCUT2D eigenvalue weighted by Crippen LogP contribution is -2.04. The van der Waals surface area contributed by atoms with E-state index in [9.17, 15) is 9.59 Å².